The summed E-state index contributed by atoms with van der Waals surface area (Å²) in [7, 11) is 0. The van der Waals surface area contributed by atoms with E-state index >= 15 is 0 Å². The quantitative estimate of drug-likeness (QED) is 0.635. The first-order valence-corrected chi connectivity index (χ1v) is 7.40. The van der Waals surface area contributed by atoms with Gasteiger partial charge in [-0.05, 0) is 25.2 Å². The maximum Gasteiger partial charge on any atom is 0.425 e. The highest BCUT2D eigenvalue weighted by atomic mass is 19.4. The molecule has 0 N–H and O–H groups in total. The average Bonchev–Trinajstić information content (AvgIpc) is 2.33. The van der Waals surface area contributed by atoms with Crippen LogP contribution in [-0.2, 0) is 19.1 Å². The van der Waals surface area contributed by atoms with Crippen molar-refractivity contribution in [1.29, 1.82) is 0 Å². The molecule has 22 heavy (non-hydrogen) atoms. The van der Waals surface area contributed by atoms with Gasteiger partial charge in [-0.1, -0.05) is 27.7 Å². The highest BCUT2D eigenvalue weighted by Crippen LogP contribution is 2.23. The largest absolute Gasteiger partial charge is 0.462 e. The van der Waals surface area contributed by atoms with Crippen molar-refractivity contribution in [2.45, 2.75) is 72.3 Å². The molecule has 0 rings (SSSR count). The van der Waals surface area contributed by atoms with E-state index in [-0.39, 0.29) is 37.2 Å². The minimum atomic E-state index is -4.57. The van der Waals surface area contributed by atoms with Crippen LogP contribution in [0.2, 0.25) is 0 Å². The summed E-state index contributed by atoms with van der Waals surface area (Å²) in [5, 5.41) is 0. The maximum absolute atomic E-state index is 12.2. The first kappa shape index (κ1) is 20.7. The van der Waals surface area contributed by atoms with Gasteiger partial charge in [0.05, 0.1) is 0 Å². The van der Waals surface area contributed by atoms with Crippen LogP contribution in [0.5, 0.6) is 0 Å². The topological polar surface area (TPSA) is 52.6 Å². The molecule has 1 unspecified atom stereocenters. The molecule has 0 fully saturated rings. The molecule has 1 atom stereocenters. The Hall–Kier alpha value is -1.27. The van der Waals surface area contributed by atoms with Crippen LogP contribution in [0.1, 0.15) is 53.9 Å². The van der Waals surface area contributed by atoms with Crippen molar-refractivity contribution in [3.63, 3.8) is 0 Å². The number of hydrogen-bond acceptors (Lipinski definition) is 4. The Morgan fingerprint density at radius 2 is 1.27 bits per heavy atom. The summed E-state index contributed by atoms with van der Waals surface area (Å²) in [5.74, 6) is -1.09. The molecule has 0 saturated heterocycles. The summed E-state index contributed by atoms with van der Waals surface area (Å²) >= 11 is 0. The minimum Gasteiger partial charge on any atom is -0.462 e. The maximum atomic E-state index is 12.2. The Kier molecular flexibility index (Phi) is 8.48. The molecule has 0 aromatic rings. The molecule has 0 aliphatic rings. The molecular formula is C15H25F3O4. The molecule has 0 aromatic heterocycles. The van der Waals surface area contributed by atoms with E-state index in [0.29, 0.717) is 0 Å². The van der Waals surface area contributed by atoms with Crippen molar-refractivity contribution < 1.29 is 32.2 Å². The highest BCUT2D eigenvalue weighted by molar-refractivity contribution is 5.72. The molecule has 130 valence electrons. The number of halogens is 3. The van der Waals surface area contributed by atoms with Crippen LogP contribution in [0.4, 0.5) is 13.2 Å². The zero-order valence-electron chi connectivity index (χ0n) is 13.7. The van der Waals surface area contributed by atoms with Gasteiger partial charge in [0, 0.05) is 12.8 Å². The summed E-state index contributed by atoms with van der Waals surface area (Å²) < 4.78 is 46.2. The van der Waals surface area contributed by atoms with Crippen LogP contribution in [-0.4, -0.2) is 30.3 Å². The van der Waals surface area contributed by atoms with Gasteiger partial charge >= 0.3 is 18.1 Å². The van der Waals surface area contributed by atoms with E-state index in [0.717, 1.165) is 6.92 Å². The Balaban J connectivity index is 4.10. The number of alkyl halides is 3. The third-order valence-electron chi connectivity index (χ3n) is 3.11. The summed E-state index contributed by atoms with van der Waals surface area (Å²) in [6.45, 7) is 8.52. The molecule has 0 spiro atoms. The van der Waals surface area contributed by atoms with Crippen molar-refractivity contribution >= 4 is 11.9 Å². The summed E-state index contributed by atoms with van der Waals surface area (Å²) in [6.07, 6.45) is -7.10. The first-order valence-electron chi connectivity index (χ1n) is 7.40. The normalized spacial score (nSPS) is 13.6. The Morgan fingerprint density at radius 1 is 0.864 bits per heavy atom. The van der Waals surface area contributed by atoms with Crippen LogP contribution >= 0.6 is 0 Å². The van der Waals surface area contributed by atoms with Gasteiger partial charge < -0.3 is 9.47 Å². The molecule has 4 nitrogen and oxygen atoms in total. The van der Waals surface area contributed by atoms with Gasteiger partial charge in [0.15, 0.2) is 6.10 Å². The fraction of sp³-hybridized carbons (Fsp3) is 0.867. The van der Waals surface area contributed by atoms with Crippen LogP contribution in [0.3, 0.4) is 0 Å². The SMILES string of the molecule is CC(C)C(OC(=O)CCCC(=O)OC(C)C(F)(F)F)C(C)C. The lowest BCUT2D eigenvalue weighted by Gasteiger charge is -2.24. The molecule has 0 heterocycles. The molecule has 0 aromatic carbocycles. The fourth-order valence-electron chi connectivity index (χ4n) is 1.95. The second-order valence-electron chi connectivity index (χ2n) is 5.97. The van der Waals surface area contributed by atoms with Gasteiger partial charge in [-0.2, -0.15) is 13.2 Å². The molecular weight excluding hydrogens is 301 g/mol. The number of esters is 2. The van der Waals surface area contributed by atoms with E-state index < -0.39 is 24.2 Å². The van der Waals surface area contributed by atoms with E-state index in [1.165, 1.54) is 0 Å². The number of hydrogen-bond donors (Lipinski definition) is 0. The van der Waals surface area contributed by atoms with Gasteiger partial charge in [0.25, 0.3) is 0 Å². The Labute approximate surface area is 129 Å². The van der Waals surface area contributed by atoms with Gasteiger partial charge in [0.2, 0.25) is 0 Å². The van der Waals surface area contributed by atoms with E-state index in [1.54, 1.807) is 0 Å². The Morgan fingerprint density at radius 3 is 1.64 bits per heavy atom. The van der Waals surface area contributed by atoms with E-state index in [9.17, 15) is 22.8 Å². The smallest absolute Gasteiger partial charge is 0.425 e. The van der Waals surface area contributed by atoms with Crippen molar-refractivity contribution in [3.05, 3.63) is 0 Å². The zero-order chi connectivity index (χ0) is 17.5. The van der Waals surface area contributed by atoms with Crippen LogP contribution in [0, 0.1) is 11.8 Å². The van der Waals surface area contributed by atoms with Crippen LogP contribution < -0.4 is 0 Å². The second-order valence-corrected chi connectivity index (χ2v) is 5.97. The zero-order valence-corrected chi connectivity index (χ0v) is 13.7. The minimum absolute atomic E-state index is 0.0224. The third-order valence-corrected chi connectivity index (χ3v) is 3.11. The van der Waals surface area contributed by atoms with Crippen molar-refractivity contribution in [2.75, 3.05) is 0 Å². The molecule has 0 saturated carbocycles. The number of ether oxygens (including phenoxy) is 2. The number of carbonyl (C=O) groups excluding carboxylic acids is 2. The highest BCUT2D eigenvalue weighted by Gasteiger charge is 2.39. The monoisotopic (exact) mass is 326 g/mol. The van der Waals surface area contributed by atoms with E-state index in [2.05, 4.69) is 4.74 Å². The van der Waals surface area contributed by atoms with Crippen molar-refractivity contribution in [2.24, 2.45) is 11.8 Å². The van der Waals surface area contributed by atoms with Gasteiger partial charge in [-0.25, -0.2) is 0 Å². The van der Waals surface area contributed by atoms with Gasteiger partial charge in [-0.15, -0.1) is 0 Å². The summed E-state index contributed by atoms with van der Waals surface area (Å²) in [6, 6.07) is 0. The molecule has 0 radical (unpaired) electrons. The van der Waals surface area contributed by atoms with Crippen LogP contribution in [0.15, 0.2) is 0 Å². The fourth-order valence-corrected chi connectivity index (χ4v) is 1.95. The number of carbonyl (C=O) groups is 2. The van der Waals surface area contributed by atoms with E-state index in [1.807, 2.05) is 27.7 Å². The lowest BCUT2D eigenvalue weighted by Crippen LogP contribution is -2.31. The van der Waals surface area contributed by atoms with Gasteiger partial charge in [-0.3, -0.25) is 9.59 Å². The molecule has 0 aliphatic heterocycles. The second kappa shape index (κ2) is 9.00. The third kappa shape index (κ3) is 8.24. The average molecular weight is 326 g/mol. The summed E-state index contributed by atoms with van der Waals surface area (Å²) in [4.78, 5) is 22.9. The number of rotatable bonds is 8. The standard InChI is InChI=1S/C15H25F3O4/c1-9(2)14(10(3)4)22-13(20)8-6-7-12(19)21-11(5)15(16,17)18/h9-11,14H,6-8H2,1-5H3. The van der Waals surface area contributed by atoms with Crippen LogP contribution in [0.25, 0.3) is 0 Å². The lowest BCUT2D eigenvalue weighted by atomic mass is 9.96. The first-order chi connectivity index (χ1) is 9.95. The van der Waals surface area contributed by atoms with Gasteiger partial charge in [0.1, 0.15) is 6.10 Å². The molecule has 7 heteroatoms. The molecule has 0 aliphatic carbocycles. The van der Waals surface area contributed by atoms with E-state index in [4.69, 9.17) is 4.74 Å². The predicted molar refractivity (Wildman–Crippen MR) is 75.0 cm³/mol. The Bertz CT molecular complexity index is 356. The molecule has 0 bridgehead atoms. The summed E-state index contributed by atoms with van der Waals surface area (Å²) in [5.41, 5.74) is 0. The van der Waals surface area contributed by atoms with Crippen molar-refractivity contribution in [3.8, 4) is 0 Å². The lowest BCUT2D eigenvalue weighted by molar-refractivity contribution is -0.216. The van der Waals surface area contributed by atoms with Crippen molar-refractivity contribution in [1.82, 2.24) is 0 Å². The molecule has 0 amide bonds. The predicted octanol–water partition coefficient (Wildman–Crippen LogP) is 3.87.